The molecule has 0 aliphatic heterocycles. The van der Waals surface area contributed by atoms with Gasteiger partial charge in [-0.1, -0.05) is 12.1 Å². The average Bonchev–Trinajstić information content (AvgIpc) is 2.21. The van der Waals surface area contributed by atoms with E-state index in [-0.39, 0.29) is 5.82 Å². The van der Waals surface area contributed by atoms with Gasteiger partial charge in [0.15, 0.2) is 0 Å². The van der Waals surface area contributed by atoms with Gasteiger partial charge in [-0.3, -0.25) is 0 Å². The van der Waals surface area contributed by atoms with Crippen LogP contribution in [0.1, 0.15) is 18.1 Å². The molecule has 2 nitrogen and oxygen atoms in total. The maximum Gasteiger partial charge on any atom is 0.126 e. The van der Waals surface area contributed by atoms with Crippen LogP contribution in [0.4, 0.5) is 4.39 Å². The first kappa shape index (κ1) is 11.1. The maximum absolute atomic E-state index is 13.3. The minimum absolute atomic E-state index is 0.223. The van der Waals surface area contributed by atoms with Crippen molar-refractivity contribution in [3.8, 4) is 0 Å². The van der Waals surface area contributed by atoms with Gasteiger partial charge in [0.25, 0.3) is 0 Å². The van der Waals surface area contributed by atoms with Crippen molar-refractivity contribution in [1.82, 2.24) is 0 Å². The van der Waals surface area contributed by atoms with Crippen molar-refractivity contribution in [3.05, 3.63) is 35.1 Å². The standard InChI is InChI=1S/C11H16FNO/c1-8-9(5-4-6-10(8)12)11(2,7-13)14-3/h4-6H,7,13H2,1-3H3. The predicted octanol–water partition coefficient (Wildman–Crippen LogP) is 1.95. The van der Waals surface area contributed by atoms with Crippen molar-refractivity contribution in [1.29, 1.82) is 0 Å². The summed E-state index contributed by atoms with van der Waals surface area (Å²) in [5, 5.41) is 0. The highest BCUT2D eigenvalue weighted by molar-refractivity contribution is 5.32. The van der Waals surface area contributed by atoms with Crippen LogP contribution >= 0.6 is 0 Å². The monoisotopic (exact) mass is 197 g/mol. The molecule has 0 aromatic heterocycles. The molecule has 78 valence electrons. The van der Waals surface area contributed by atoms with Crippen LogP contribution in [0, 0.1) is 12.7 Å². The summed E-state index contributed by atoms with van der Waals surface area (Å²) in [7, 11) is 1.58. The summed E-state index contributed by atoms with van der Waals surface area (Å²) < 4.78 is 18.6. The Kier molecular flexibility index (Phi) is 3.24. The van der Waals surface area contributed by atoms with Gasteiger partial charge in [-0.2, -0.15) is 0 Å². The Morgan fingerprint density at radius 1 is 1.50 bits per heavy atom. The van der Waals surface area contributed by atoms with E-state index in [1.807, 2.05) is 13.0 Å². The Balaban J connectivity index is 3.24. The molecular weight excluding hydrogens is 181 g/mol. The fraction of sp³-hybridized carbons (Fsp3) is 0.455. The summed E-state index contributed by atoms with van der Waals surface area (Å²) >= 11 is 0. The fourth-order valence-corrected chi connectivity index (χ4v) is 1.48. The van der Waals surface area contributed by atoms with E-state index < -0.39 is 5.60 Å². The lowest BCUT2D eigenvalue weighted by Crippen LogP contribution is -2.34. The number of hydrogen-bond donors (Lipinski definition) is 1. The Morgan fingerprint density at radius 2 is 2.14 bits per heavy atom. The molecule has 0 saturated heterocycles. The minimum atomic E-state index is -0.605. The molecule has 0 aliphatic rings. The van der Waals surface area contributed by atoms with E-state index in [1.165, 1.54) is 6.07 Å². The number of methoxy groups -OCH3 is 1. The Morgan fingerprint density at radius 3 is 2.64 bits per heavy atom. The summed E-state index contributed by atoms with van der Waals surface area (Å²) in [6.45, 7) is 3.92. The lowest BCUT2D eigenvalue weighted by molar-refractivity contribution is 0.00929. The van der Waals surface area contributed by atoms with Gasteiger partial charge in [0, 0.05) is 13.7 Å². The SMILES string of the molecule is COC(C)(CN)c1cccc(F)c1C. The van der Waals surface area contributed by atoms with E-state index in [2.05, 4.69) is 0 Å². The third-order valence-corrected chi connectivity index (χ3v) is 2.68. The molecule has 1 aromatic carbocycles. The van der Waals surface area contributed by atoms with Gasteiger partial charge >= 0.3 is 0 Å². The summed E-state index contributed by atoms with van der Waals surface area (Å²) in [6, 6.07) is 4.95. The molecule has 0 spiro atoms. The summed E-state index contributed by atoms with van der Waals surface area (Å²) in [5.74, 6) is -0.223. The van der Waals surface area contributed by atoms with Gasteiger partial charge in [-0.15, -0.1) is 0 Å². The number of halogens is 1. The first-order valence-electron chi connectivity index (χ1n) is 4.56. The quantitative estimate of drug-likeness (QED) is 0.803. The number of nitrogens with two attached hydrogens (primary N) is 1. The Hall–Kier alpha value is -0.930. The van der Waals surface area contributed by atoms with E-state index in [0.717, 1.165) is 5.56 Å². The van der Waals surface area contributed by atoms with Crippen LogP contribution in [-0.2, 0) is 10.3 Å². The number of hydrogen-bond acceptors (Lipinski definition) is 2. The molecule has 14 heavy (non-hydrogen) atoms. The van der Waals surface area contributed by atoms with E-state index in [9.17, 15) is 4.39 Å². The Bertz CT molecular complexity index is 321. The van der Waals surface area contributed by atoms with E-state index in [4.69, 9.17) is 10.5 Å². The van der Waals surface area contributed by atoms with Crippen LogP contribution in [0.25, 0.3) is 0 Å². The molecule has 0 amide bonds. The molecule has 2 N–H and O–H groups in total. The molecule has 0 fully saturated rings. The minimum Gasteiger partial charge on any atom is -0.372 e. The van der Waals surface area contributed by atoms with Crippen molar-refractivity contribution in [2.45, 2.75) is 19.4 Å². The normalized spacial score (nSPS) is 15.2. The van der Waals surface area contributed by atoms with Crippen LogP contribution in [0.5, 0.6) is 0 Å². The van der Waals surface area contributed by atoms with Crippen molar-refractivity contribution in [2.75, 3.05) is 13.7 Å². The molecular formula is C11H16FNO. The average molecular weight is 197 g/mol. The largest absolute Gasteiger partial charge is 0.372 e. The van der Waals surface area contributed by atoms with E-state index in [0.29, 0.717) is 12.1 Å². The van der Waals surface area contributed by atoms with Crippen LogP contribution in [0.2, 0.25) is 0 Å². The molecule has 1 rings (SSSR count). The molecule has 0 heterocycles. The third-order valence-electron chi connectivity index (χ3n) is 2.68. The first-order chi connectivity index (χ1) is 6.55. The highest BCUT2D eigenvalue weighted by atomic mass is 19.1. The zero-order valence-electron chi connectivity index (χ0n) is 8.80. The molecule has 0 radical (unpaired) electrons. The summed E-state index contributed by atoms with van der Waals surface area (Å²) in [6.07, 6.45) is 0. The van der Waals surface area contributed by atoms with Gasteiger partial charge < -0.3 is 10.5 Å². The highest BCUT2D eigenvalue weighted by Crippen LogP contribution is 2.27. The van der Waals surface area contributed by atoms with Crippen LogP contribution < -0.4 is 5.73 Å². The smallest absolute Gasteiger partial charge is 0.126 e. The molecule has 0 bridgehead atoms. The first-order valence-corrected chi connectivity index (χ1v) is 4.56. The van der Waals surface area contributed by atoms with E-state index in [1.54, 1.807) is 20.1 Å². The number of benzene rings is 1. The molecule has 1 atom stereocenters. The topological polar surface area (TPSA) is 35.2 Å². The van der Waals surface area contributed by atoms with Gasteiger partial charge in [0.1, 0.15) is 11.4 Å². The Labute approximate surface area is 83.9 Å². The summed E-state index contributed by atoms with van der Waals surface area (Å²) in [4.78, 5) is 0. The highest BCUT2D eigenvalue weighted by Gasteiger charge is 2.26. The van der Waals surface area contributed by atoms with Crippen molar-refractivity contribution < 1.29 is 9.13 Å². The second kappa shape index (κ2) is 4.07. The van der Waals surface area contributed by atoms with Crippen LogP contribution in [0.15, 0.2) is 18.2 Å². The van der Waals surface area contributed by atoms with Crippen molar-refractivity contribution in [2.24, 2.45) is 5.73 Å². The zero-order valence-corrected chi connectivity index (χ0v) is 8.80. The number of rotatable bonds is 3. The second-order valence-corrected chi connectivity index (χ2v) is 3.55. The zero-order chi connectivity index (χ0) is 10.8. The van der Waals surface area contributed by atoms with Gasteiger partial charge in [-0.25, -0.2) is 4.39 Å². The molecule has 3 heteroatoms. The number of ether oxygens (including phenoxy) is 1. The predicted molar refractivity (Wildman–Crippen MR) is 54.6 cm³/mol. The lowest BCUT2D eigenvalue weighted by Gasteiger charge is -2.28. The summed E-state index contributed by atoms with van der Waals surface area (Å²) in [5.41, 5.74) is 6.42. The van der Waals surface area contributed by atoms with E-state index >= 15 is 0 Å². The van der Waals surface area contributed by atoms with Gasteiger partial charge in [-0.05, 0) is 31.0 Å². The van der Waals surface area contributed by atoms with Crippen molar-refractivity contribution >= 4 is 0 Å². The molecule has 0 aliphatic carbocycles. The molecule has 0 saturated carbocycles. The molecule has 1 aromatic rings. The second-order valence-electron chi connectivity index (χ2n) is 3.55. The van der Waals surface area contributed by atoms with Gasteiger partial charge in [0.05, 0.1) is 0 Å². The van der Waals surface area contributed by atoms with Crippen LogP contribution in [0.3, 0.4) is 0 Å². The third kappa shape index (κ3) is 1.79. The molecule has 1 unspecified atom stereocenters. The van der Waals surface area contributed by atoms with Crippen molar-refractivity contribution in [3.63, 3.8) is 0 Å². The fourth-order valence-electron chi connectivity index (χ4n) is 1.48. The van der Waals surface area contributed by atoms with Crippen LogP contribution in [-0.4, -0.2) is 13.7 Å². The maximum atomic E-state index is 13.3. The van der Waals surface area contributed by atoms with Gasteiger partial charge in [0.2, 0.25) is 0 Å². The lowest BCUT2D eigenvalue weighted by atomic mass is 9.91.